The third-order valence-corrected chi connectivity index (χ3v) is 1.54. The van der Waals surface area contributed by atoms with Gasteiger partial charge in [0.15, 0.2) is 5.84 Å². The van der Waals surface area contributed by atoms with Crippen LogP contribution >= 0.6 is 0 Å². The lowest BCUT2D eigenvalue weighted by molar-refractivity contribution is -0.128. The van der Waals surface area contributed by atoms with Crippen LogP contribution in [-0.2, 0) is 9.63 Å². The van der Waals surface area contributed by atoms with Gasteiger partial charge in [0.1, 0.15) is 0 Å². The minimum Gasteiger partial charge on any atom is -0.380 e. The Morgan fingerprint density at radius 3 is 2.25 bits per heavy atom. The molecule has 16 heavy (non-hydrogen) atoms. The SMILES string of the molecule is C.CC.Cc1ccc(/C(N)=N/OC=O)cc1. The van der Waals surface area contributed by atoms with Gasteiger partial charge in [0.25, 0.3) is 0 Å². The Labute approximate surface area is 97.1 Å². The van der Waals surface area contributed by atoms with Crippen molar-refractivity contribution in [2.45, 2.75) is 28.2 Å². The van der Waals surface area contributed by atoms with E-state index in [1.54, 1.807) is 0 Å². The normalized spacial score (nSPS) is 9.31. The summed E-state index contributed by atoms with van der Waals surface area (Å²) in [4.78, 5) is 14.0. The van der Waals surface area contributed by atoms with E-state index in [0.29, 0.717) is 0 Å². The highest BCUT2D eigenvalue weighted by molar-refractivity contribution is 5.97. The minimum absolute atomic E-state index is 0. The molecular weight excluding hydrogens is 204 g/mol. The zero-order chi connectivity index (χ0) is 11.7. The molecule has 2 N–H and O–H groups in total. The molecule has 0 aliphatic rings. The van der Waals surface area contributed by atoms with Crippen molar-refractivity contribution in [1.29, 1.82) is 0 Å². The molecule has 0 amide bonds. The van der Waals surface area contributed by atoms with E-state index in [1.807, 2.05) is 45.0 Å². The smallest absolute Gasteiger partial charge is 0.323 e. The van der Waals surface area contributed by atoms with Gasteiger partial charge in [0.05, 0.1) is 0 Å². The van der Waals surface area contributed by atoms with Gasteiger partial charge in [-0.05, 0) is 6.92 Å². The second-order valence-electron chi connectivity index (χ2n) is 2.54. The molecule has 4 heteroatoms. The third-order valence-electron chi connectivity index (χ3n) is 1.54. The summed E-state index contributed by atoms with van der Waals surface area (Å²) in [6.45, 7) is 6.19. The van der Waals surface area contributed by atoms with Crippen LogP contribution in [0.3, 0.4) is 0 Å². The average Bonchev–Trinajstić information content (AvgIpc) is 2.29. The molecule has 0 aliphatic carbocycles. The number of nitrogens with zero attached hydrogens (tertiary/aromatic N) is 1. The van der Waals surface area contributed by atoms with Crippen LogP contribution in [0.1, 0.15) is 32.4 Å². The maximum absolute atomic E-state index is 9.81. The van der Waals surface area contributed by atoms with Crippen LogP contribution < -0.4 is 5.73 Å². The number of amidine groups is 1. The Morgan fingerprint density at radius 1 is 1.31 bits per heavy atom. The van der Waals surface area contributed by atoms with Gasteiger partial charge in [-0.2, -0.15) is 0 Å². The van der Waals surface area contributed by atoms with E-state index in [9.17, 15) is 4.79 Å². The maximum atomic E-state index is 9.81. The molecule has 1 rings (SSSR count). The van der Waals surface area contributed by atoms with Crippen molar-refractivity contribution in [1.82, 2.24) is 0 Å². The monoisotopic (exact) mass is 224 g/mol. The molecule has 4 nitrogen and oxygen atoms in total. The quantitative estimate of drug-likeness (QED) is 0.282. The van der Waals surface area contributed by atoms with Crippen molar-refractivity contribution in [3.63, 3.8) is 0 Å². The van der Waals surface area contributed by atoms with Gasteiger partial charge >= 0.3 is 6.47 Å². The van der Waals surface area contributed by atoms with Crippen molar-refractivity contribution < 1.29 is 9.63 Å². The minimum atomic E-state index is 0. The Morgan fingerprint density at radius 2 is 1.81 bits per heavy atom. The number of nitrogens with two attached hydrogens (primary N) is 1. The molecule has 90 valence electrons. The number of oxime groups is 1. The number of carbonyl (C=O) groups excluding carboxylic acids is 1. The highest BCUT2D eigenvalue weighted by atomic mass is 16.7. The summed E-state index contributed by atoms with van der Waals surface area (Å²) in [5.74, 6) is 0.187. The van der Waals surface area contributed by atoms with Crippen LogP contribution in [0.5, 0.6) is 0 Å². The molecule has 0 radical (unpaired) electrons. The van der Waals surface area contributed by atoms with Gasteiger partial charge in [0, 0.05) is 5.56 Å². The lowest BCUT2D eigenvalue weighted by Crippen LogP contribution is -2.13. The van der Waals surface area contributed by atoms with Crippen LogP contribution in [0.2, 0.25) is 0 Å². The van der Waals surface area contributed by atoms with Crippen molar-refractivity contribution in [3.8, 4) is 0 Å². The third kappa shape index (κ3) is 5.80. The van der Waals surface area contributed by atoms with Crippen LogP contribution in [0, 0.1) is 6.92 Å². The maximum Gasteiger partial charge on any atom is 0.323 e. The second-order valence-corrected chi connectivity index (χ2v) is 2.54. The Balaban J connectivity index is 0. The lowest BCUT2D eigenvalue weighted by Gasteiger charge is -1.98. The molecule has 0 saturated heterocycles. The van der Waals surface area contributed by atoms with Crippen molar-refractivity contribution in [2.24, 2.45) is 10.9 Å². The molecule has 0 unspecified atom stereocenters. The zero-order valence-corrected chi connectivity index (χ0v) is 9.23. The first kappa shape index (κ1) is 16.6. The standard InChI is InChI=1S/C9H10N2O2.C2H6.CH4/c1-7-2-4-8(5-3-7)9(10)11-13-6-12;1-2;/h2-6H,1H3,(H2,10,11);1-2H3;1H4. The molecule has 0 aromatic heterocycles. The summed E-state index contributed by atoms with van der Waals surface area (Å²) in [7, 11) is 0. The zero-order valence-electron chi connectivity index (χ0n) is 9.23. The average molecular weight is 224 g/mol. The summed E-state index contributed by atoms with van der Waals surface area (Å²) in [6, 6.07) is 7.42. The fourth-order valence-electron chi connectivity index (χ4n) is 0.855. The Bertz CT molecular complexity index is 318. The van der Waals surface area contributed by atoms with E-state index >= 15 is 0 Å². The summed E-state index contributed by atoms with van der Waals surface area (Å²) >= 11 is 0. The molecule has 0 bridgehead atoms. The fraction of sp³-hybridized carbons (Fsp3) is 0.333. The van der Waals surface area contributed by atoms with E-state index < -0.39 is 0 Å². The van der Waals surface area contributed by atoms with Gasteiger partial charge < -0.3 is 10.6 Å². The first-order chi connectivity index (χ1) is 7.24. The summed E-state index contributed by atoms with van der Waals surface area (Å²) < 4.78 is 0. The van der Waals surface area contributed by atoms with Gasteiger partial charge in [-0.1, -0.05) is 56.3 Å². The van der Waals surface area contributed by atoms with E-state index in [2.05, 4.69) is 9.99 Å². The lowest BCUT2D eigenvalue weighted by atomic mass is 10.1. The number of hydrogen-bond acceptors (Lipinski definition) is 3. The fourth-order valence-corrected chi connectivity index (χ4v) is 0.855. The highest BCUT2D eigenvalue weighted by Crippen LogP contribution is 2.02. The molecule has 0 saturated carbocycles. The van der Waals surface area contributed by atoms with Gasteiger partial charge in [-0.15, -0.1) is 0 Å². The number of aryl methyl sites for hydroxylation is 1. The Hall–Kier alpha value is -1.84. The van der Waals surface area contributed by atoms with Crippen molar-refractivity contribution >= 4 is 12.3 Å². The van der Waals surface area contributed by atoms with E-state index in [0.717, 1.165) is 11.1 Å². The number of benzene rings is 1. The molecule has 0 fully saturated rings. The predicted molar refractivity (Wildman–Crippen MR) is 67.1 cm³/mol. The van der Waals surface area contributed by atoms with E-state index in [-0.39, 0.29) is 19.7 Å². The van der Waals surface area contributed by atoms with E-state index in [4.69, 9.17) is 5.73 Å². The molecular formula is C12H20N2O2. The van der Waals surface area contributed by atoms with Crippen LogP contribution in [-0.4, -0.2) is 12.3 Å². The molecule has 1 aromatic carbocycles. The first-order valence-corrected chi connectivity index (χ1v) is 4.74. The molecule has 0 spiro atoms. The topological polar surface area (TPSA) is 64.7 Å². The van der Waals surface area contributed by atoms with Gasteiger partial charge in [-0.25, -0.2) is 0 Å². The summed E-state index contributed by atoms with van der Waals surface area (Å²) in [6.07, 6.45) is 0. The molecule has 0 atom stereocenters. The van der Waals surface area contributed by atoms with Crippen molar-refractivity contribution in [2.75, 3.05) is 0 Å². The number of hydrogen-bond donors (Lipinski definition) is 1. The number of rotatable bonds is 3. The van der Waals surface area contributed by atoms with Crippen LogP contribution in [0.4, 0.5) is 0 Å². The van der Waals surface area contributed by atoms with Crippen LogP contribution in [0.15, 0.2) is 29.4 Å². The summed E-state index contributed by atoms with van der Waals surface area (Å²) in [5, 5.41) is 3.37. The highest BCUT2D eigenvalue weighted by Gasteiger charge is 1.97. The van der Waals surface area contributed by atoms with Gasteiger partial charge in [0.2, 0.25) is 0 Å². The molecule has 0 aliphatic heterocycles. The molecule has 1 aromatic rings. The summed E-state index contributed by atoms with van der Waals surface area (Å²) in [5.41, 5.74) is 7.36. The van der Waals surface area contributed by atoms with Crippen molar-refractivity contribution in [3.05, 3.63) is 35.4 Å². The second kappa shape index (κ2) is 9.71. The molecule has 0 heterocycles. The first-order valence-electron chi connectivity index (χ1n) is 4.74. The van der Waals surface area contributed by atoms with Crippen LogP contribution in [0.25, 0.3) is 0 Å². The predicted octanol–water partition coefficient (Wildman–Crippen LogP) is 2.45. The number of carbonyl (C=O) groups is 1. The van der Waals surface area contributed by atoms with E-state index in [1.165, 1.54) is 0 Å². The Kier molecular flexibility index (Phi) is 10.1. The van der Waals surface area contributed by atoms with Gasteiger partial charge in [-0.3, -0.25) is 4.79 Å². The largest absolute Gasteiger partial charge is 0.380 e.